The van der Waals surface area contributed by atoms with Crippen LogP contribution in [-0.4, -0.2) is 79.0 Å². The number of carbonyl (C=O) groups is 2. The van der Waals surface area contributed by atoms with E-state index in [2.05, 4.69) is 38.8 Å². The Labute approximate surface area is 159 Å². The number of likely N-dealkylation sites (N-methyl/N-ethyl adjacent to an activating group) is 1. The Kier molecular flexibility index (Phi) is 6.89. The fourth-order valence-corrected chi connectivity index (χ4v) is 4.64. The molecule has 2 rings (SSSR count). The maximum Gasteiger partial charge on any atom is 0.219 e. The second-order valence-corrected chi connectivity index (χ2v) is 8.98. The van der Waals surface area contributed by atoms with Crippen LogP contribution in [0, 0.1) is 17.8 Å². The highest BCUT2D eigenvalue weighted by Gasteiger charge is 2.32. The molecule has 5 nitrogen and oxygen atoms in total. The molecule has 1 saturated heterocycles. The van der Waals surface area contributed by atoms with E-state index in [-0.39, 0.29) is 11.8 Å². The summed E-state index contributed by atoms with van der Waals surface area (Å²) in [5.74, 6) is 2.06. The summed E-state index contributed by atoms with van der Waals surface area (Å²) in [6, 6.07) is 0. The van der Waals surface area contributed by atoms with Gasteiger partial charge in [0.1, 0.15) is 0 Å². The molecule has 0 bridgehead atoms. The van der Waals surface area contributed by atoms with Gasteiger partial charge < -0.3 is 14.3 Å². The second kappa shape index (κ2) is 8.55. The molecule has 0 aromatic heterocycles. The summed E-state index contributed by atoms with van der Waals surface area (Å²) < 4.78 is 0.947. The van der Waals surface area contributed by atoms with Crippen molar-refractivity contribution < 1.29 is 14.1 Å². The van der Waals surface area contributed by atoms with Gasteiger partial charge >= 0.3 is 0 Å². The van der Waals surface area contributed by atoms with E-state index in [0.29, 0.717) is 17.8 Å². The zero-order valence-electron chi connectivity index (χ0n) is 17.6. The van der Waals surface area contributed by atoms with E-state index in [4.69, 9.17) is 0 Å². The molecule has 0 aromatic carbocycles. The number of quaternary nitrogens is 1. The highest BCUT2D eigenvalue weighted by Crippen LogP contribution is 2.34. The number of allylic oxidation sites excluding steroid dienone is 2. The number of carbonyl (C=O) groups excluding carboxylic acids is 2. The van der Waals surface area contributed by atoms with E-state index in [9.17, 15) is 9.59 Å². The Morgan fingerprint density at radius 1 is 1.23 bits per heavy atom. The largest absolute Gasteiger partial charge is 0.337 e. The second-order valence-electron chi connectivity index (χ2n) is 8.98. The maximum absolute atomic E-state index is 12.3. The monoisotopic (exact) mass is 364 g/mol. The molecule has 0 aromatic rings. The molecule has 1 heterocycles. The Hall–Kier alpha value is -1.36. The minimum absolute atomic E-state index is 0.172. The quantitative estimate of drug-likeness (QED) is 0.555. The third-order valence-electron chi connectivity index (χ3n) is 6.65. The van der Waals surface area contributed by atoms with Crippen molar-refractivity contribution in [3.63, 3.8) is 0 Å². The Morgan fingerprint density at radius 2 is 1.85 bits per heavy atom. The van der Waals surface area contributed by atoms with Crippen LogP contribution in [0.2, 0.25) is 0 Å². The molecule has 0 radical (unpaired) electrons. The highest BCUT2D eigenvalue weighted by atomic mass is 16.2. The van der Waals surface area contributed by atoms with Crippen molar-refractivity contribution >= 4 is 11.8 Å². The Morgan fingerprint density at radius 3 is 2.35 bits per heavy atom. The van der Waals surface area contributed by atoms with Crippen molar-refractivity contribution in [1.29, 1.82) is 0 Å². The van der Waals surface area contributed by atoms with Crippen molar-refractivity contribution in [2.24, 2.45) is 17.8 Å². The summed E-state index contributed by atoms with van der Waals surface area (Å²) in [4.78, 5) is 27.8. The molecule has 1 fully saturated rings. The molecule has 0 unspecified atom stereocenters. The summed E-state index contributed by atoms with van der Waals surface area (Å²) in [5.41, 5.74) is 1.48. The van der Waals surface area contributed by atoms with Crippen LogP contribution in [0.15, 0.2) is 11.6 Å². The SMILES string of the molecule is CC(=O)N1CC[N+](C)(CCN(C[C@@H]2[C@H](C)CC(C)=C[C@@H]2C)C(C)=O)CC1. The van der Waals surface area contributed by atoms with Gasteiger partial charge in [0, 0.05) is 20.4 Å². The number of hydrogen-bond donors (Lipinski definition) is 0. The van der Waals surface area contributed by atoms with Crippen molar-refractivity contribution in [3.8, 4) is 0 Å². The minimum Gasteiger partial charge on any atom is -0.337 e. The standard InChI is InChI=1S/C21H38N3O2/c1-16-13-17(2)21(18(3)14-16)15-23(20(5)26)9-12-24(6)10-7-22(8-11-24)19(4)25/h13,17-18,21H,7-12,14-15H2,1-6H3/q+1/t17-,18+,21-/m0/s1. The topological polar surface area (TPSA) is 40.6 Å². The summed E-state index contributed by atoms with van der Waals surface area (Å²) in [7, 11) is 2.26. The molecule has 3 atom stereocenters. The molecular weight excluding hydrogens is 326 g/mol. The van der Waals surface area contributed by atoms with Gasteiger partial charge in [-0.25, -0.2) is 0 Å². The van der Waals surface area contributed by atoms with Gasteiger partial charge in [0.05, 0.1) is 46.3 Å². The van der Waals surface area contributed by atoms with Gasteiger partial charge in [0.2, 0.25) is 11.8 Å². The Balaban J connectivity index is 1.93. The van der Waals surface area contributed by atoms with Crippen LogP contribution in [0.5, 0.6) is 0 Å². The molecule has 0 spiro atoms. The Bertz CT molecular complexity index is 549. The first-order valence-electron chi connectivity index (χ1n) is 10.1. The fraction of sp³-hybridized carbons (Fsp3) is 0.810. The van der Waals surface area contributed by atoms with Gasteiger partial charge in [0.25, 0.3) is 0 Å². The number of nitrogens with zero attached hydrogens (tertiary/aromatic N) is 3. The molecule has 5 heteroatoms. The zero-order valence-corrected chi connectivity index (χ0v) is 17.6. The van der Waals surface area contributed by atoms with Gasteiger partial charge in [-0.05, 0) is 31.1 Å². The first-order chi connectivity index (χ1) is 12.1. The first-order valence-corrected chi connectivity index (χ1v) is 10.1. The van der Waals surface area contributed by atoms with Gasteiger partial charge in [-0.15, -0.1) is 0 Å². The lowest BCUT2D eigenvalue weighted by Crippen LogP contribution is -2.60. The van der Waals surface area contributed by atoms with E-state index in [1.165, 1.54) is 5.57 Å². The normalized spacial score (nSPS) is 28.5. The third kappa shape index (κ3) is 5.32. The number of rotatable bonds is 5. The molecule has 2 amide bonds. The van der Waals surface area contributed by atoms with Crippen LogP contribution >= 0.6 is 0 Å². The van der Waals surface area contributed by atoms with Gasteiger partial charge in [-0.2, -0.15) is 0 Å². The zero-order chi connectivity index (χ0) is 19.5. The lowest BCUT2D eigenvalue weighted by molar-refractivity contribution is -0.912. The molecular formula is C21H38N3O2+. The van der Waals surface area contributed by atoms with Crippen molar-refractivity contribution in [3.05, 3.63) is 11.6 Å². The van der Waals surface area contributed by atoms with Crippen molar-refractivity contribution in [1.82, 2.24) is 9.80 Å². The molecule has 1 aliphatic heterocycles. The predicted molar refractivity (Wildman–Crippen MR) is 105 cm³/mol. The summed E-state index contributed by atoms with van der Waals surface area (Å²) in [6.45, 7) is 16.4. The smallest absolute Gasteiger partial charge is 0.219 e. The van der Waals surface area contributed by atoms with Crippen molar-refractivity contribution in [2.45, 2.75) is 41.0 Å². The summed E-state index contributed by atoms with van der Waals surface area (Å²) in [6.07, 6.45) is 3.53. The van der Waals surface area contributed by atoms with E-state index in [1.54, 1.807) is 13.8 Å². The molecule has 26 heavy (non-hydrogen) atoms. The lowest BCUT2D eigenvalue weighted by atomic mass is 9.75. The average molecular weight is 365 g/mol. The number of amides is 2. The van der Waals surface area contributed by atoms with Crippen molar-refractivity contribution in [2.75, 3.05) is 52.9 Å². The lowest BCUT2D eigenvalue weighted by Gasteiger charge is -2.43. The van der Waals surface area contributed by atoms with Gasteiger partial charge in [-0.1, -0.05) is 25.5 Å². The van der Waals surface area contributed by atoms with Crippen LogP contribution in [-0.2, 0) is 9.59 Å². The fourth-order valence-electron chi connectivity index (χ4n) is 4.64. The molecule has 1 aliphatic carbocycles. The molecule has 0 N–H and O–H groups in total. The van der Waals surface area contributed by atoms with Gasteiger partial charge in [0.15, 0.2) is 0 Å². The van der Waals surface area contributed by atoms with E-state index < -0.39 is 0 Å². The molecule has 0 saturated carbocycles. The maximum atomic E-state index is 12.3. The van der Waals surface area contributed by atoms with E-state index >= 15 is 0 Å². The third-order valence-corrected chi connectivity index (χ3v) is 6.65. The van der Waals surface area contributed by atoms with Crippen LogP contribution in [0.3, 0.4) is 0 Å². The number of hydrogen-bond acceptors (Lipinski definition) is 2. The first kappa shape index (κ1) is 20.9. The summed E-state index contributed by atoms with van der Waals surface area (Å²) in [5, 5.41) is 0. The van der Waals surface area contributed by atoms with Crippen LogP contribution in [0.1, 0.15) is 41.0 Å². The molecule has 148 valence electrons. The number of piperazine rings is 1. The van der Waals surface area contributed by atoms with E-state index in [1.807, 2.05) is 4.90 Å². The highest BCUT2D eigenvalue weighted by molar-refractivity contribution is 5.73. The van der Waals surface area contributed by atoms with Crippen LogP contribution in [0.4, 0.5) is 0 Å². The average Bonchev–Trinajstić information content (AvgIpc) is 2.53. The predicted octanol–water partition coefficient (Wildman–Crippen LogP) is 2.38. The summed E-state index contributed by atoms with van der Waals surface area (Å²) >= 11 is 0. The van der Waals surface area contributed by atoms with Gasteiger partial charge in [-0.3, -0.25) is 9.59 Å². The minimum atomic E-state index is 0.172. The molecule has 2 aliphatic rings. The van der Waals surface area contributed by atoms with E-state index in [0.717, 1.165) is 56.7 Å². The van der Waals surface area contributed by atoms with Crippen LogP contribution < -0.4 is 0 Å². The van der Waals surface area contributed by atoms with Crippen LogP contribution in [0.25, 0.3) is 0 Å².